The van der Waals surface area contributed by atoms with Gasteiger partial charge in [0.15, 0.2) is 10.5 Å². The summed E-state index contributed by atoms with van der Waals surface area (Å²) >= 11 is 1.36. The van der Waals surface area contributed by atoms with Gasteiger partial charge in [-0.1, -0.05) is 18.2 Å². The van der Waals surface area contributed by atoms with Gasteiger partial charge in [0.1, 0.15) is 0 Å². The van der Waals surface area contributed by atoms with Gasteiger partial charge in [-0.15, -0.1) is 11.3 Å². The smallest absolute Gasteiger partial charge is 0.300 e. The molecule has 0 atom stereocenters. The van der Waals surface area contributed by atoms with Crippen LogP contribution in [0.1, 0.15) is 10.5 Å². The Kier molecular flexibility index (Phi) is 3.26. The van der Waals surface area contributed by atoms with Gasteiger partial charge < -0.3 is 4.57 Å². The monoisotopic (exact) mass is 300 g/mol. The molecule has 0 spiro atoms. The van der Waals surface area contributed by atoms with E-state index in [9.17, 15) is 9.59 Å². The number of hydrogen-bond donors (Lipinski definition) is 0. The molecule has 0 saturated carbocycles. The van der Waals surface area contributed by atoms with Crippen LogP contribution in [0.4, 0.5) is 0 Å². The van der Waals surface area contributed by atoms with Crippen molar-refractivity contribution < 1.29 is 4.79 Å². The lowest BCUT2D eigenvalue weighted by atomic mass is 10.1. The Hall–Kier alpha value is -2.54. The molecule has 0 aliphatic carbocycles. The first-order chi connectivity index (χ1) is 10.1. The molecule has 1 amide bonds. The summed E-state index contributed by atoms with van der Waals surface area (Å²) in [6, 6.07) is 6.92. The Labute approximate surface area is 123 Å². The SMILES string of the molecule is Cn1ccsc1=NC(=O)c1nn(C)c(=O)c2ccccc12. The number of fused-ring (bicyclic) bond motifs is 1. The van der Waals surface area contributed by atoms with Crippen LogP contribution in [0.2, 0.25) is 0 Å². The molecule has 0 unspecified atom stereocenters. The lowest BCUT2D eigenvalue weighted by Gasteiger charge is -2.04. The number of carbonyl (C=O) groups is 1. The molecule has 0 radical (unpaired) electrons. The molecule has 2 heterocycles. The molecule has 7 heteroatoms. The van der Waals surface area contributed by atoms with Gasteiger partial charge in [0, 0.05) is 31.1 Å². The summed E-state index contributed by atoms with van der Waals surface area (Å²) in [6.45, 7) is 0. The first-order valence-electron chi connectivity index (χ1n) is 6.23. The standard InChI is InChI=1S/C14H12N4O2S/c1-17-7-8-21-14(17)15-12(19)11-9-5-3-4-6-10(9)13(20)18(2)16-11/h3-8H,1-2H3. The number of aryl methyl sites for hydroxylation is 2. The number of amides is 1. The summed E-state index contributed by atoms with van der Waals surface area (Å²) in [6.07, 6.45) is 1.82. The maximum atomic E-state index is 12.4. The van der Waals surface area contributed by atoms with Crippen LogP contribution in [0.25, 0.3) is 10.8 Å². The first kappa shape index (κ1) is 13.4. The number of aromatic nitrogens is 3. The van der Waals surface area contributed by atoms with Gasteiger partial charge in [-0.3, -0.25) is 9.59 Å². The molecule has 0 saturated heterocycles. The highest BCUT2D eigenvalue weighted by molar-refractivity contribution is 7.07. The molecule has 0 N–H and O–H groups in total. The van der Waals surface area contributed by atoms with Crippen molar-refractivity contribution in [3.05, 3.63) is 56.7 Å². The fraction of sp³-hybridized carbons (Fsp3) is 0.143. The maximum Gasteiger partial charge on any atom is 0.300 e. The van der Waals surface area contributed by atoms with E-state index < -0.39 is 5.91 Å². The van der Waals surface area contributed by atoms with Crippen molar-refractivity contribution in [3.63, 3.8) is 0 Å². The van der Waals surface area contributed by atoms with Gasteiger partial charge in [-0.05, 0) is 6.07 Å². The van der Waals surface area contributed by atoms with Crippen LogP contribution in [0.3, 0.4) is 0 Å². The third-order valence-corrected chi connectivity index (χ3v) is 3.96. The predicted molar refractivity (Wildman–Crippen MR) is 80.2 cm³/mol. The van der Waals surface area contributed by atoms with Gasteiger partial charge in [-0.25, -0.2) is 4.68 Å². The average molecular weight is 300 g/mol. The quantitative estimate of drug-likeness (QED) is 0.675. The minimum Gasteiger partial charge on any atom is -0.327 e. The first-order valence-corrected chi connectivity index (χ1v) is 7.11. The summed E-state index contributed by atoms with van der Waals surface area (Å²) in [5.74, 6) is -0.458. The normalized spacial score (nSPS) is 12.0. The Morgan fingerprint density at radius 3 is 2.62 bits per heavy atom. The molecular weight excluding hydrogens is 288 g/mol. The van der Waals surface area contributed by atoms with Crippen molar-refractivity contribution in [2.24, 2.45) is 19.1 Å². The van der Waals surface area contributed by atoms with E-state index >= 15 is 0 Å². The van der Waals surface area contributed by atoms with E-state index in [0.717, 1.165) is 0 Å². The molecule has 1 aromatic carbocycles. The van der Waals surface area contributed by atoms with E-state index in [-0.39, 0.29) is 11.3 Å². The summed E-state index contributed by atoms with van der Waals surface area (Å²) in [5.41, 5.74) is -0.0510. The van der Waals surface area contributed by atoms with E-state index in [1.807, 2.05) is 18.6 Å². The molecule has 2 aromatic heterocycles. The number of hydrogen-bond acceptors (Lipinski definition) is 4. The van der Waals surface area contributed by atoms with Crippen molar-refractivity contribution in [1.29, 1.82) is 0 Å². The number of nitrogens with zero attached hydrogens (tertiary/aromatic N) is 4. The molecule has 0 fully saturated rings. The third-order valence-electron chi connectivity index (χ3n) is 3.12. The van der Waals surface area contributed by atoms with Crippen molar-refractivity contribution in [2.75, 3.05) is 0 Å². The topological polar surface area (TPSA) is 69.2 Å². The van der Waals surface area contributed by atoms with Crippen molar-refractivity contribution in [1.82, 2.24) is 14.3 Å². The van der Waals surface area contributed by atoms with Crippen molar-refractivity contribution in [3.8, 4) is 0 Å². The highest BCUT2D eigenvalue weighted by Gasteiger charge is 2.14. The Morgan fingerprint density at radius 1 is 1.24 bits per heavy atom. The maximum absolute atomic E-state index is 12.4. The van der Waals surface area contributed by atoms with Gasteiger partial charge >= 0.3 is 5.91 Å². The zero-order valence-corrected chi connectivity index (χ0v) is 12.3. The third kappa shape index (κ3) is 2.31. The molecule has 0 aliphatic rings. The molecule has 3 aromatic rings. The average Bonchev–Trinajstić information content (AvgIpc) is 2.88. The van der Waals surface area contributed by atoms with Crippen LogP contribution in [-0.4, -0.2) is 20.3 Å². The molecule has 0 bridgehead atoms. The molecule has 106 valence electrons. The zero-order chi connectivity index (χ0) is 15.0. The van der Waals surface area contributed by atoms with Gasteiger partial charge in [0.2, 0.25) is 0 Å². The van der Waals surface area contributed by atoms with Gasteiger partial charge in [0.25, 0.3) is 5.56 Å². The summed E-state index contributed by atoms with van der Waals surface area (Å²) < 4.78 is 2.92. The van der Waals surface area contributed by atoms with E-state index in [1.54, 1.807) is 28.8 Å². The zero-order valence-electron chi connectivity index (χ0n) is 11.5. The molecular formula is C14H12N4O2S. The van der Waals surface area contributed by atoms with Crippen molar-refractivity contribution in [2.45, 2.75) is 0 Å². The lowest BCUT2D eigenvalue weighted by molar-refractivity contribution is 0.0993. The second-order valence-corrected chi connectivity index (χ2v) is 5.41. The van der Waals surface area contributed by atoms with Crippen molar-refractivity contribution >= 4 is 28.0 Å². The van der Waals surface area contributed by atoms with Gasteiger partial charge in [0.05, 0.1) is 5.39 Å². The van der Waals surface area contributed by atoms with E-state index in [1.165, 1.54) is 23.1 Å². The number of rotatable bonds is 1. The number of thiazole rings is 1. The molecule has 0 aliphatic heterocycles. The number of carbonyl (C=O) groups excluding carboxylic acids is 1. The van der Waals surface area contributed by atoms with Gasteiger partial charge in [-0.2, -0.15) is 10.1 Å². The number of benzene rings is 1. The Bertz CT molecular complexity index is 965. The van der Waals surface area contributed by atoms with Crippen LogP contribution in [0.15, 0.2) is 45.6 Å². The predicted octanol–water partition coefficient (Wildman–Crippen LogP) is 1.07. The van der Waals surface area contributed by atoms with Crippen LogP contribution >= 0.6 is 11.3 Å². The van der Waals surface area contributed by atoms with Crippen LogP contribution in [-0.2, 0) is 14.1 Å². The summed E-state index contributed by atoms with van der Waals surface area (Å²) in [7, 11) is 3.34. The molecule has 6 nitrogen and oxygen atoms in total. The van der Waals surface area contributed by atoms with Crippen LogP contribution < -0.4 is 10.4 Å². The van der Waals surface area contributed by atoms with E-state index in [4.69, 9.17) is 0 Å². The second-order valence-electron chi connectivity index (χ2n) is 4.54. The largest absolute Gasteiger partial charge is 0.327 e. The minimum absolute atomic E-state index is 0.182. The van der Waals surface area contributed by atoms with E-state index in [2.05, 4.69) is 10.1 Å². The fourth-order valence-corrected chi connectivity index (χ4v) is 2.76. The van der Waals surface area contributed by atoms with Crippen LogP contribution in [0, 0.1) is 0 Å². The lowest BCUT2D eigenvalue weighted by Crippen LogP contribution is -2.23. The highest BCUT2D eigenvalue weighted by Crippen LogP contribution is 2.13. The molecule has 3 rings (SSSR count). The van der Waals surface area contributed by atoms with E-state index in [0.29, 0.717) is 15.6 Å². The van der Waals surface area contributed by atoms with Crippen LogP contribution in [0.5, 0.6) is 0 Å². The summed E-state index contributed by atoms with van der Waals surface area (Å²) in [5, 5.41) is 6.90. The Morgan fingerprint density at radius 2 is 1.95 bits per heavy atom. The molecule has 21 heavy (non-hydrogen) atoms. The highest BCUT2D eigenvalue weighted by atomic mass is 32.1. The second kappa shape index (κ2) is 5.10. The minimum atomic E-state index is -0.458. The fourth-order valence-electron chi connectivity index (χ4n) is 2.03. The Balaban J connectivity index is 2.27. The summed E-state index contributed by atoms with van der Waals surface area (Å²) in [4.78, 5) is 29.1.